The molecular formula is C14H26N4O2S. The maximum atomic E-state index is 12.3. The highest BCUT2D eigenvalue weighted by atomic mass is 32.2. The van der Waals surface area contributed by atoms with E-state index in [1.807, 2.05) is 0 Å². The van der Waals surface area contributed by atoms with Gasteiger partial charge in [-0.15, -0.1) is 0 Å². The Hall–Kier alpha value is -1.18. The second-order valence-electron chi connectivity index (χ2n) is 5.95. The third-order valence-corrected chi connectivity index (χ3v) is 4.74. The van der Waals surface area contributed by atoms with Crippen molar-refractivity contribution in [3.05, 3.63) is 18.3 Å². The Labute approximate surface area is 127 Å². The van der Waals surface area contributed by atoms with Gasteiger partial charge in [0.1, 0.15) is 0 Å². The van der Waals surface area contributed by atoms with E-state index < -0.39 is 10.0 Å². The van der Waals surface area contributed by atoms with Crippen molar-refractivity contribution in [1.82, 2.24) is 9.71 Å². The van der Waals surface area contributed by atoms with Gasteiger partial charge in [0, 0.05) is 12.7 Å². The maximum Gasteiger partial charge on any atom is 0.260 e. The van der Waals surface area contributed by atoms with Gasteiger partial charge in [-0.3, -0.25) is 5.84 Å². The van der Waals surface area contributed by atoms with Crippen LogP contribution in [0.5, 0.6) is 0 Å². The Morgan fingerprint density at radius 2 is 2.05 bits per heavy atom. The van der Waals surface area contributed by atoms with E-state index in [9.17, 15) is 8.42 Å². The molecule has 0 amide bonds. The van der Waals surface area contributed by atoms with E-state index in [2.05, 4.69) is 35.9 Å². The molecule has 0 atom stereocenters. The summed E-state index contributed by atoms with van der Waals surface area (Å²) in [7, 11) is -3.67. The molecule has 0 aliphatic carbocycles. The molecule has 0 bridgehead atoms. The van der Waals surface area contributed by atoms with Gasteiger partial charge in [-0.1, -0.05) is 40.0 Å². The monoisotopic (exact) mass is 314 g/mol. The number of anilines is 1. The average Bonchev–Trinajstić information content (AvgIpc) is 2.45. The van der Waals surface area contributed by atoms with Crippen molar-refractivity contribution in [2.45, 2.75) is 51.5 Å². The smallest absolute Gasteiger partial charge is 0.260 e. The first kappa shape index (κ1) is 17.9. The van der Waals surface area contributed by atoms with Gasteiger partial charge in [0.05, 0.1) is 5.69 Å². The molecule has 0 fully saturated rings. The first-order chi connectivity index (χ1) is 9.82. The highest BCUT2D eigenvalue weighted by Crippen LogP contribution is 2.24. The number of nitrogen functional groups attached to an aromatic ring is 1. The quantitative estimate of drug-likeness (QED) is 0.369. The topological polar surface area (TPSA) is 97.1 Å². The number of nitrogens with two attached hydrogens (primary N) is 1. The molecule has 1 aromatic heterocycles. The first-order valence-corrected chi connectivity index (χ1v) is 8.72. The molecule has 1 aromatic rings. The lowest BCUT2D eigenvalue weighted by molar-refractivity contribution is 0.320. The number of unbranched alkanes of at least 4 members (excludes halogenated alkanes) is 2. The van der Waals surface area contributed by atoms with Crippen LogP contribution in [0, 0.1) is 5.41 Å². The van der Waals surface area contributed by atoms with Crippen LogP contribution in [0.3, 0.4) is 0 Å². The highest BCUT2D eigenvalue weighted by Gasteiger charge is 2.24. The van der Waals surface area contributed by atoms with Gasteiger partial charge in [-0.05, 0) is 24.0 Å². The predicted octanol–water partition coefficient (Wildman–Crippen LogP) is 2.25. The normalized spacial score (nSPS) is 12.4. The van der Waals surface area contributed by atoms with Gasteiger partial charge < -0.3 is 5.43 Å². The molecule has 0 aliphatic heterocycles. The third-order valence-electron chi connectivity index (χ3n) is 3.38. The lowest BCUT2D eigenvalue weighted by atomic mass is 9.87. The summed E-state index contributed by atoms with van der Waals surface area (Å²) in [6.07, 6.45) is 5.83. The van der Waals surface area contributed by atoms with Crippen molar-refractivity contribution in [2.24, 2.45) is 11.3 Å². The second-order valence-corrected chi connectivity index (χ2v) is 7.63. The Bertz CT molecular complexity index is 544. The van der Waals surface area contributed by atoms with E-state index in [0.29, 0.717) is 6.54 Å². The Morgan fingerprint density at radius 1 is 1.33 bits per heavy atom. The summed E-state index contributed by atoms with van der Waals surface area (Å²) < 4.78 is 27.3. The van der Waals surface area contributed by atoms with Crippen molar-refractivity contribution < 1.29 is 8.42 Å². The maximum absolute atomic E-state index is 12.3. The molecule has 0 aromatic carbocycles. The Kier molecular flexibility index (Phi) is 6.57. The zero-order chi connectivity index (χ0) is 15.9. The van der Waals surface area contributed by atoms with Gasteiger partial charge in [0.25, 0.3) is 10.0 Å². The van der Waals surface area contributed by atoms with E-state index in [-0.39, 0.29) is 16.1 Å². The van der Waals surface area contributed by atoms with E-state index in [0.717, 1.165) is 25.7 Å². The Balaban J connectivity index is 2.72. The first-order valence-electron chi connectivity index (χ1n) is 7.24. The van der Waals surface area contributed by atoms with Gasteiger partial charge in [0.15, 0.2) is 5.03 Å². The van der Waals surface area contributed by atoms with Crippen LogP contribution in [-0.4, -0.2) is 19.9 Å². The van der Waals surface area contributed by atoms with Crippen molar-refractivity contribution in [1.29, 1.82) is 0 Å². The van der Waals surface area contributed by atoms with Crippen molar-refractivity contribution >= 4 is 15.7 Å². The van der Waals surface area contributed by atoms with E-state index >= 15 is 0 Å². The minimum Gasteiger partial charge on any atom is -0.321 e. The minimum absolute atomic E-state index is 0.0724. The molecule has 1 heterocycles. The molecule has 0 aliphatic rings. The van der Waals surface area contributed by atoms with Gasteiger partial charge in [-0.25, -0.2) is 18.1 Å². The number of sulfonamides is 1. The van der Waals surface area contributed by atoms with Crippen LogP contribution in [0.4, 0.5) is 5.69 Å². The van der Waals surface area contributed by atoms with Crippen LogP contribution in [-0.2, 0) is 10.0 Å². The molecule has 0 saturated heterocycles. The number of pyridine rings is 1. The molecule has 4 N–H and O–H groups in total. The molecule has 0 spiro atoms. The van der Waals surface area contributed by atoms with Gasteiger partial charge >= 0.3 is 0 Å². The van der Waals surface area contributed by atoms with Crippen LogP contribution < -0.4 is 16.0 Å². The fourth-order valence-corrected chi connectivity index (χ4v) is 3.35. The lowest BCUT2D eigenvalue weighted by Gasteiger charge is -2.25. The van der Waals surface area contributed by atoms with Gasteiger partial charge in [0.2, 0.25) is 0 Å². The molecule has 21 heavy (non-hydrogen) atoms. The standard InChI is InChI=1S/C14H26N4O2S/c1-4-5-6-9-14(2,3)11-17-21(19,20)13-12(18-15)8-7-10-16-13/h7-8,10,17-18H,4-6,9,11,15H2,1-3H3. The largest absolute Gasteiger partial charge is 0.321 e. The van der Waals surface area contributed by atoms with Gasteiger partial charge in [-0.2, -0.15) is 0 Å². The summed E-state index contributed by atoms with van der Waals surface area (Å²) in [5.41, 5.74) is 2.56. The van der Waals surface area contributed by atoms with Crippen LogP contribution in [0.25, 0.3) is 0 Å². The number of rotatable bonds is 9. The van der Waals surface area contributed by atoms with Crippen LogP contribution in [0.15, 0.2) is 23.4 Å². The summed E-state index contributed by atoms with van der Waals surface area (Å²) in [5, 5.41) is -0.0724. The summed E-state index contributed by atoms with van der Waals surface area (Å²) in [6.45, 7) is 6.65. The fraction of sp³-hybridized carbons (Fsp3) is 0.643. The lowest BCUT2D eigenvalue weighted by Crippen LogP contribution is -2.35. The molecular weight excluding hydrogens is 288 g/mol. The zero-order valence-corrected chi connectivity index (χ0v) is 13.8. The number of aromatic nitrogens is 1. The molecule has 7 heteroatoms. The molecule has 0 radical (unpaired) electrons. The second kappa shape index (κ2) is 7.72. The number of nitrogens with one attached hydrogen (secondary N) is 2. The summed E-state index contributed by atoms with van der Waals surface area (Å²) in [4.78, 5) is 3.90. The number of hydrogen-bond donors (Lipinski definition) is 3. The predicted molar refractivity (Wildman–Crippen MR) is 85.2 cm³/mol. The van der Waals surface area contributed by atoms with Crippen LogP contribution in [0.1, 0.15) is 46.5 Å². The van der Waals surface area contributed by atoms with Crippen LogP contribution >= 0.6 is 0 Å². The SMILES string of the molecule is CCCCCC(C)(C)CNS(=O)(=O)c1ncccc1NN. The fourth-order valence-electron chi connectivity index (χ4n) is 2.02. The third kappa shape index (κ3) is 5.61. The molecule has 0 unspecified atom stereocenters. The molecule has 0 saturated carbocycles. The van der Waals surface area contributed by atoms with E-state index in [1.54, 1.807) is 12.1 Å². The van der Waals surface area contributed by atoms with Crippen molar-refractivity contribution in [2.75, 3.05) is 12.0 Å². The number of hydrogen-bond acceptors (Lipinski definition) is 5. The minimum atomic E-state index is -3.67. The molecule has 6 nitrogen and oxygen atoms in total. The van der Waals surface area contributed by atoms with Crippen LogP contribution in [0.2, 0.25) is 0 Å². The highest BCUT2D eigenvalue weighted by molar-refractivity contribution is 7.89. The summed E-state index contributed by atoms with van der Waals surface area (Å²) in [5.74, 6) is 5.33. The molecule has 1 rings (SSSR count). The number of hydrazine groups is 1. The molecule has 120 valence electrons. The van der Waals surface area contributed by atoms with Crippen molar-refractivity contribution in [3.63, 3.8) is 0 Å². The number of nitrogens with zero attached hydrogens (tertiary/aromatic N) is 1. The summed E-state index contributed by atoms with van der Waals surface area (Å²) >= 11 is 0. The van der Waals surface area contributed by atoms with Crippen molar-refractivity contribution in [3.8, 4) is 0 Å². The zero-order valence-electron chi connectivity index (χ0n) is 13.0. The average molecular weight is 314 g/mol. The van der Waals surface area contributed by atoms with E-state index in [4.69, 9.17) is 5.84 Å². The Morgan fingerprint density at radius 3 is 2.67 bits per heavy atom. The van der Waals surface area contributed by atoms with E-state index in [1.165, 1.54) is 6.20 Å². The summed E-state index contributed by atoms with van der Waals surface area (Å²) in [6, 6.07) is 3.21.